The van der Waals surface area contributed by atoms with Gasteiger partial charge in [0.15, 0.2) is 11.8 Å². The van der Waals surface area contributed by atoms with Gasteiger partial charge in [-0.3, -0.25) is 9.89 Å². The summed E-state index contributed by atoms with van der Waals surface area (Å²) in [6.45, 7) is 5.47. The van der Waals surface area contributed by atoms with Gasteiger partial charge in [-0.25, -0.2) is 0 Å². The van der Waals surface area contributed by atoms with E-state index in [1.54, 1.807) is 14.2 Å². The van der Waals surface area contributed by atoms with Gasteiger partial charge in [0.2, 0.25) is 0 Å². The Bertz CT molecular complexity index is 796. The highest BCUT2D eigenvalue weighted by molar-refractivity contribution is 5.79. The van der Waals surface area contributed by atoms with Crippen LogP contribution in [-0.4, -0.2) is 59.4 Å². The number of nitrogens with one attached hydrogen (secondary N) is 2. The first-order chi connectivity index (χ1) is 13.6. The molecule has 8 heteroatoms. The number of likely N-dealkylation sites (tertiary alicyclic amines) is 1. The van der Waals surface area contributed by atoms with Gasteiger partial charge in [-0.15, -0.1) is 10.2 Å². The fourth-order valence-corrected chi connectivity index (χ4v) is 3.61. The molecule has 1 atom stereocenters. The van der Waals surface area contributed by atoms with Crippen molar-refractivity contribution < 1.29 is 4.74 Å². The largest absolute Gasteiger partial charge is 0.496 e. The molecule has 1 aliphatic heterocycles. The Balaban J connectivity index is 1.67. The smallest absolute Gasteiger partial charge is 0.191 e. The molecule has 0 radical (unpaired) electrons. The van der Waals surface area contributed by atoms with E-state index in [4.69, 9.17) is 4.74 Å². The van der Waals surface area contributed by atoms with Crippen LogP contribution in [0.5, 0.6) is 5.75 Å². The van der Waals surface area contributed by atoms with Crippen LogP contribution < -0.4 is 15.4 Å². The quantitative estimate of drug-likeness (QED) is 0.557. The lowest BCUT2D eigenvalue weighted by Gasteiger charge is -2.30. The van der Waals surface area contributed by atoms with Crippen LogP contribution in [-0.2, 0) is 13.6 Å². The first-order valence-corrected chi connectivity index (χ1v) is 9.80. The standard InChI is InChI=1S/C20H31N7O/c1-15-24-25-19(26(15)3)14-23-20(21-2)22-13-17(27-11-7-8-12-27)16-9-5-6-10-18(16)28-4/h5-6,9-10,17H,7-8,11-14H2,1-4H3,(H2,21,22,23). The van der Waals surface area contributed by atoms with Gasteiger partial charge in [-0.1, -0.05) is 18.2 Å². The van der Waals surface area contributed by atoms with Crippen LogP contribution in [0.15, 0.2) is 29.3 Å². The maximum Gasteiger partial charge on any atom is 0.191 e. The number of nitrogens with zero attached hydrogens (tertiary/aromatic N) is 5. The van der Waals surface area contributed by atoms with Crippen molar-refractivity contribution in [2.45, 2.75) is 32.4 Å². The predicted octanol–water partition coefficient (Wildman–Crippen LogP) is 1.63. The summed E-state index contributed by atoms with van der Waals surface area (Å²) in [5.74, 6) is 3.45. The Hall–Kier alpha value is -2.61. The van der Waals surface area contributed by atoms with E-state index in [0.29, 0.717) is 6.54 Å². The molecule has 152 valence electrons. The third kappa shape index (κ3) is 4.62. The summed E-state index contributed by atoms with van der Waals surface area (Å²) in [7, 11) is 5.48. The number of aryl methyl sites for hydroxylation is 1. The van der Waals surface area contributed by atoms with Gasteiger partial charge < -0.3 is 19.9 Å². The number of para-hydroxylation sites is 1. The normalized spacial score (nSPS) is 16.2. The van der Waals surface area contributed by atoms with E-state index < -0.39 is 0 Å². The molecule has 1 aliphatic rings. The van der Waals surface area contributed by atoms with Gasteiger partial charge in [0, 0.05) is 26.2 Å². The van der Waals surface area contributed by atoms with Gasteiger partial charge >= 0.3 is 0 Å². The molecule has 0 spiro atoms. The van der Waals surface area contributed by atoms with E-state index >= 15 is 0 Å². The summed E-state index contributed by atoms with van der Waals surface area (Å²) in [4.78, 5) is 6.88. The van der Waals surface area contributed by atoms with Crippen molar-refractivity contribution in [2.75, 3.05) is 33.8 Å². The molecule has 0 amide bonds. The third-order valence-electron chi connectivity index (χ3n) is 5.36. The highest BCUT2D eigenvalue weighted by Gasteiger charge is 2.26. The van der Waals surface area contributed by atoms with Crippen LogP contribution >= 0.6 is 0 Å². The summed E-state index contributed by atoms with van der Waals surface area (Å²) < 4.78 is 7.60. The minimum Gasteiger partial charge on any atom is -0.496 e. The van der Waals surface area contributed by atoms with Crippen LogP contribution in [0.25, 0.3) is 0 Å². The lowest BCUT2D eigenvalue weighted by atomic mass is 10.0. The Morgan fingerprint density at radius 2 is 1.96 bits per heavy atom. The lowest BCUT2D eigenvalue weighted by molar-refractivity contribution is 0.239. The Labute approximate surface area is 167 Å². The third-order valence-corrected chi connectivity index (χ3v) is 5.36. The fraction of sp³-hybridized carbons (Fsp3) is 0.550. The Morgan fingerprint density at radius 3 is 2.61 bits per heavy atom. The number of rotatable bonds is 7. The zero-order chi connectivity index (χ0) is 19.9. The van der Waals surface area contributed by atoms with Crippen molar-refractivity contribution in [2.24, 2.45) is 12.0 Å². The van der Waals surface area contributed by atoms with Crippen LogP contribution in [0.3, 0.4) is 0 Å². The Morgan fingerprint density at radius 1 is 1.21 bits per heavy atom. The topological polar surface area (TPSA) is 79.6 Å². The molecule has 2 aromatic rings. The van der Waals surface area contributed by atoms with Crippen LogP contribution in [0, 0.1) is 6.92 Å². The number of aromatic nitrogens is 3. The van der Waals surface area contributed by atoms with Crippen LogP contribution in [0.4, 0.5) is 0 Å². The van der Waals surface area contributed by atoms with Crippen molar-refractivity contribution in [1.29, 1.82) is 0 Å². The molecule has 3 rings (SSSR count). The van der Waals surface area contributed by atoms with Crippen molar-refractivity contribution >= 4 is 5.96 Å². The highest BCUT2D eigenvalue weighted by Crippen LogP contribution is 2.31. The first-order valence-electron chi connectivity index (χ1n) is 9.80. The van der Waals surface area contributed by atoms with Crippen LogP contribution in [0.2, 0.25) is 0 Å². The zero-order valence-corrected chi connectivity index (χ0v) is 17.3. The van der Waals surface area contributed by atoms with Crippen molar-refractivity contribution in [3.63, 3.8) is 0 Å². The molecule has 1 aromatic carbocycles. The number of benzene rings is 1. The molecule has 8 nitrogen and oxygen atoms in total. The molecule has 0 saturated carbocycles. The molecule has 1 unspecified atom stereocenters. The maximum atomic E-state index is 5.62. The molecule has 1 aromatic heterocycles. The van der Waals surface area contributed by atoms with Crippen molar-refractivity contribution in [3.05, 3.63) is 41.5 Å². The first kappa shape index (κ1) is 20.1. The van der Waals surface area contributed by atoms with Crippen molar-refractivity contribution in [3.8, 4) is 5.75 Å². The monoisotopic (exact) mass is 385 g/mol. The summed E-state index contributed by atoms with van der Waals surface area (Å²) >= 11 is 0. The van der Waals surface area contributed by atoms with E-state index in [1.165, 1.54) is 18.4 Å². The molecule has 2 N–H and O–H groups in total. The average molecular weight is 386 g/mol. The van der Waals surface area contributed by atoms with Gasteiger partial charge in [0.05, 0.1) is 19.7 Å². The number of hydrogen-bond donors (Lipinski definition) is 2. The maximum absolute atomic E-state index is 5.62. The van der Waals surface area contributed by atoms with E-state index in [0.717, 1.165) is 43.0 Å². The molecule has 1 saturated heterocycles. The molecule has 28 heavy (non-hydrogen) atoms. The van der Waals surface area contributed by atoms with E-state index in [9.17, 15) is 0 Å². The van der Waals surface area contributed by atoms with Gasteiger partial charge in [0.1, 0.15) is 11.6 Å². The summed E-state index contributed by atoms with van der Waals surface area (Å²) in [6, 6.07) is 8.50. The average Bonchev–Trinajstić information content (AvgIpc) is 3.36. The highest BCUT2D eigenvalue weighted by atomic mass is 16.5. The number of methoxy groups -OCH3 is 1. The molecular formula is C20H31N7O. The Kier molecular flexibility index (Phi) is 6.86. The summed E-state index contributed by atoms with van der Waals surface area (Å²) in [5, 5.41) is 15.1. The van der Waals surface area contributed by atoms with E-state index in [-0.39, 0.29) is 6.04 Å². The predicted molar refractivity (Wildman–Crippen MR) is 110 cm³/mol. The number of aliphatic imine (C=N–C) groups is 1. The number of guanidine groups is 1. The molecule has 0 bridgehead atoms. The summed E-state index contributed by atoms with van der Waals surface area (Å²) in [5.41, 5.74) is 1.21. The molecule has 0 aliphatic carbocycles. The van der Waals surface area contributed by atoms with E-state index in [2.05, 4.69) is 42.9 Å². The second-order valence-corrected chi connectivity index (χ2v) is 7.03. The second-order valence-electron chi connectivity index (χ2n) is 7.03. The van der Waals surface area contributed by atoms with Gasteiger partial charge in [-0.05, 0) is 38.9 Å². The molecular weight excluding hydrogens is 354 g/mol. The SMILES string of the molecule is CN=C(NCc1nnc(C)n1C)NCC(c1ccccc1OC)N1CCCC1. The zero-order valence-electron chi connectivity index (χ0n) is 17.3. The lowest BCUT2D eigenvalue weighted by Crippen LogP contribution is -2.42. The van der Waals surface area contributed by atoms with Gasteiger partial charge in [0.25, 0.3) is 0 Å². The fourth-order valence-electron chi connectivity index (χ4n) is 3.61. The number of ether oxygens (including phenoxy) is 1. The minimum atomic E-state index is 0.231. The summed E-state index contributed by atoms with van der Waals surface area (Å²) in [6.07, 6.45) is 2.48. The second kappa shape index (κ2) is 9.54. The van der Waals surface area contributed by atoms with Crippen LogP contribution in [0.1, 0.15) is 36.1 Å². The minimum absolute atomic E-state index is 0.231. The molecule has 2 heterocycles. The van der Waals surface area contributed by atoms with Gasteiger partial charge in [-0.2, -0.15) is 0 Å². The van der Waals surface area contributed by atoms with E-state index in [1.807, 2.05) is 30.7 Å². The molecule has 1 fully saturated rings. The van der Waals surface area contributed by atoms with Crippen molar-refractivity contribution in [1.82, 2.24) is 30.3 Å². The number of hydrogen-bond acceptors (Lipinski definition) is 5.